The molecule has 2 heteroatoms. The van der Waals surface area contributed by atoms with Crippen LogP contribution in [0.25, 0.3) is 0 Å². The fraction of sp³-hybridized carbons (Fsp3) is 1.00. The second kappa shape index (κ2) is 6.19. The minimum Gasteiger partial charge on any atom is -0.313 e. The molecule has 17 heavy (non-hydrogen) atoms. The lowest BCUT2D eigenvalue weighted by molar-refractivity contribution is 0.0756. The predicted molar refractivity (Wildman–Crippen MR) is 76.4 cm³/mol. The molecule has 1 rings (SSSR count). The lowest BCUT2D eigenvalue weighted by Gasteiger charge is -2.45. The maximum Gasteiger partial charge on any atom is 0.0249 e. The van der Waals surface area contributed by atoms with E-state index in [1.165, 1.54) is 19.3 Å². The Bertz CT molecular complexity index is 219. The summed E-state index contributed by atoms with van der Waals surface area (Å²) in [7, 11) is 2.28. The third-order valence-electron chi connectivity index (χ3n) is 4.57. The van der Waals surface area contributed by atoms with E-state index in [2.05, 4.69) is 51.9 Å². The third kappa shape index (κ3) is 3.96. The van der Waals surface area contributed by atoms with Gasteiger partial charge < -0.3 is 10.2 Å². The van der Waals surface area contributed by atoms with Crippen molar-refractivity contribution in [2.75, 3.05) is 20.1 Å². The molecule has 0 aliphatic heterocycles. The minimum atomic E-state index is 0.462. The molecule has 0 spiro atoms. The summed E-state index contributed by atoms with van der Waals surface area (Å²) in [6.45, 7) is 13.9. The van der Waals surface area contributed by atoms with Crippen molar-refractivity contribution >= 4 is 0 Å². The van der Waals surface area contributed by atoms with Gasteiger partial charge in [-0.1, -0.05) is 34.6 Å². The molecule has 0 aromatic carbocycles. The van der Waals surface area contributed by atoms with Gasteiger partial charge in [0, 0.05) is 12.1 Å². The van der Waals surface area contributed by atoms with E-state index < -0.39 is 0 Å². The monoisotopic (exact) mass is 240 g/mol. The van der Waals surface area contributed by atoms with Crippen molar-refractivity contribution in [1.29, 1.82) is 0 Å². The fourth-order valence-electron chi connectivity index (χ4n) is 3.16. The van der Waals surface area contributed by atoms with Gasteiger partial charge in [0.2, 0.25) is 0 Å². The number of hydrogen-bond acceptors (Lipinski definition) is 2. The largest absolute Gasteiger partial charge is 0.313 e. The number of nitrogens with one attached hydrogen (secondary N) is 1. The topological polar surface area (TPSA) is 15.3 Å². The molecule has 102 valence electrons. The van der Waals surface area contributed by atoms with Crippen LogP contribution in [0.5, 0.6) is 0 Å². The Kier molecular flexibility index (Phi) is 5.46. The van der Waals surface area contributed by atoms with Gasteiger partial charge in [-0.2, -0.15) is 0 Å². The molecule has 0 amide bonds. The molecule has 1 N–H and O–H groups in total. The molecule has 0 saturated heterocycles. The predicted octanol–water partition coefficient (Wildman–Crippen LogP) is 3.13. The highest BCUT2D eigenvalue weighted by atomic mass is 15.2. The average molecular weight is 240 g/mol. The number of rotatable bonds is 4. The van der Waals surface area contributed by atoms with E-state index in [0.29, 0.717) is 11.5 Å². The number of nitrogens with zero attached hydrogens (tertiary/aromatic N) is 1. The summed E-state index contributed by atoms with van der Waals surface area (Å²) in [6, 6.07) is 1.42. The zero-order chi connectivity index (χ0) is 13.1. The molecule has 0 aromatic heterocycles. The first-order valence-corrected chi connectivity index (χ1v) is 7.33. The zero-order valence-electron chi connectivity index (χ0n) is 12.7. The molecule has 1 aliphatic rings. The first-order chi connectivity index (χ1) is 7.90. The van der Waals surface area contributed by atoms with Crippen molar-refractivity contribution in [3.8, 4) is 0 Å². The lowest BCUT2D eigenvalue weighted by atomic mass is 9.69. The average Bonchev–Trinajstić information content (AvgIpc) is 2.27. The summed E-state index contributed by atoms with van der Waals surface area (Å²) in [6.07, 6.45) is 4.07. The molecule has 0 aromatic rings. The van der Waals surface area contributed by atoms with E-state index in [9.17, 15) is 0 Å². The van der Waals surface area contributed by atoms with Crippen molar-refractivity contribution in [2.45, 2.75) is 66.0 Å². The highest BCUT2D eigenvalue weighted by molar-refractivity contribution is 4.93. The van der Waals surface area contributed by atoms with Crippen LogP contribution in [0.4, 0.5) is 0 Å². The number of hydrogen-bond donors (Lipinski definition) is 1. The van der Waals surface area contributed by atoms with Crippen LogP contribution in [-0.4, -0.2) is 37.1 Å². The van der Waals surface area contributed by atoms with Crippen molar-refractivity contribution in [3.05, 3.63) is 0 Å². The molecule has 3 atom stereocenters. The molecule has 3 unspecified atom stereocenters. The molecule has 1 aliphatic carbocycles. The summed E-state index contributed by atoms with van der Waals surface area (Å²) in [4.78, 5) is 2.53. The fourth-order valence-corrected chi connectivity index (χ4v) is 3.16. The Morgan fingerprint density at radius 3 is 2.29 bits per heavy atom. The van der Waals surface area contributed by atoms with Gasteiger partial charge in [0.1, 0.15) is 0 Å². The maximum absolute atomic E-state index is 3.68. The Morgan fingerprint density at radius 2 is 1.82 bits per heavy atom. The van der Waals surface area contributed by atoms with E-state index in [4.69, 9.17) is 0 Å². The van der Waals surface area contributed by atoms with E-state index in [1.54, 1.807) is 0 Å². The summed E-state index contributed by atoms with van der Waals surface area (Å²) >= 11 is 0. The van der Waals surface area contributed by atoms with Gasteiger partial charge >= 0.3 is 0 Å². The van der Waals surface area contributed by atoms with Crippen LogP contribution in [0.3, 0.4) is 0 Å². The van der Waals surface area contributed by atoms with Gasteiger partial charge in [-0.15, -0.1) is 0 Å². The molecule has 1 saturated carbocycles. The van der Waals surface area contributed by atoms with Crippen molar-refractivity contribution in [2.24, 2.45) is 11.3 Å². The smallest absolute Gasteiger partial charge is 0.0249 e. The molecule has 1 fully saturated rings. The molecule has 0 radical (unpaired) electrons. The highest BCUT2D eigenvalue weighted by Gasteiger charge is 2.36. The van der Waals surface area contributed by atoms with Gasteiger partial charge in [0.15, 0.2) is 0 Å². The molecular weight excluding hydrogens is 208 g/mol. The van der Waals surface area contributed by atoms with Crippen LogP contribution in [-0.2, 0) is 0 Å². The summed E-state index contributed by atoms with van der Waals surface area (Å²) in [5.74, 6) is 0.872. The van der Waals surface area contributed by atoms with Gasteiger partial charge in [0.25, 0.3) is 0 Å². The molecule has 2 nitrogen and oxygen atoms in total. The Balaban J connectivity index is 2.69. The Hall–Kier alpha value is -0.0800. The quantitative estimate of drug-likeness (QED) is 0.812. The SMILES string of the molecule is CCNC1CCC(C(C)(C)C)CC1N(C)CC. The summed E-state index contributed by atoms with van der Waals surface area (Å²) in [5, 5.41) is 3.68. The summed E-state index contributed by atoms with van der Waals surface area (Å²) in [5.41, 5.74) is 0.462. The van der Waals surface area contributed by atoms with E-state index in [-0.39, 0.29) is 0 Å². The second-order valence-corrected chi connectivity index (χ2v) is 6.68. The normalized spacial score (nSPS) is 30.9. The van der Waals surface area contributed by atoms with Crippen LogP contribution in [0.2, 0.25) is 0 Å². The van der Waals surface area contributed by atoms with Crippen LogP contribution in [0, 0.1) is 11.3 Å². The Labute approximate surface area is 108 Å². The van der Waals surface area contributed by atoms with Crippen molar-refractivity contribution in [1.82, 2.24) is 10.2 Å². The minimum absolute atomic E-state index is 0.462. The second-order valence-electron chi connectivity index (χ2n) is 6.68. The van der Waals surface area contributed by atoms with E-state index in [1.807, 2.05) is 0 Å². The van der Waals surface area contributed by atoms with Crippen molar-refractivity contribution in [3.63, 3.8) is 0 Å². The standard InChI is InChI=1S/C15H32N2/c1-7-16-13-10-9-12(15(3,4)5)11-14(13)17(6)8-2/h12-14,16H,7-11H2,1-6H3. The van der Waals surface area contributed by atoms with Gasteiger partial charge in [-0.25, -0.2) is 0 Å². The summed E-state index contributed by atoms with van der Waals surface area (Å²) < 4.78 is 0. The van der Waals surface area contributed by atoms with Gasteiger partial charge in [-0.3, -0.25) is 0 Å². The first-order valence-electron chi connectivity index (χ1n) is 7.33. The highest BCUT2D eigenvalue weighted by Crippen LogP contribution is 2.39. The molecular formula is C15H32N2. The Morgan fingerprint density at radius 1 is 1.18 bits per heavy atom. The van der Waals surface area contributed by atoms with E-state index >= 15 is 0 Å². The van der Waals surface area contributed by atoms with Crippen LogP contribution in [0.1, 0.15) is 53.9 Å². The third-order valence-corrected chi connectivity index (χ3v) is 4.57. The lowest BCUT2D eigenvalue weighted by Crippen LogP contribution is -2.53. The molecule has 0 heterocycles. The van der Waals surface area contributed by atoms with Crippen molar-refractivity contribution < 1.29 is 0 Å². The maximum atomic E-state index is 3.68. The van der Waals surface area contributed by atoms with Crippen LogP contribution in [0.15, 0.2) is 0 Å². The molecule has 0 bridgehead atoms. The zero-order valence-corrected chi connectivity index (χ0v) is 12.7. The number of likely N-dealkylation sites (N-methyl/N-ethyl adjacent to an activating group) is 2. The van der Waals surface area contributed by atoms with E-state index in [0.717, 1.165) is 25.0 Å². The van der Waals surface area contributed by atoms with Crippen LogP contribution < -0.4 is 5.32 Å². The van der Waals surface area contributed by atoms with Crippen LogP contribution >= 0.6 is 0 Å². The first kappa shape index (κ1) is 15.0. The van der Waals surface area contributed by atoms with Gasteiger partial charge in [0.05, 0.1) is 0 Å². The van der Waals surface area contributed by atoms with Gasteiger partial charge in [-0.05, 0) is 50.7 Å².